The Morgan fingerprint density at radius 1 is 1.03 bits per heavy atom. The zero-order chi connectivity index (χ0) is 25.9. The molecule has 3 rings (SSSR count). The first-order chi connectivity index (χ1) is 16.5. The van der Waals surface area contributed by atoms with Crippen LogP contribution in [0.25, 0.3) is 5.69 Å². The van der Waals surface area contributed by atoms with Gasteiger partial charge in [-0.25, -0.2) is 4.79 Å². The van der Waals surface area contributed by atoms with Crippen LogP contribution < -0.4 is 26.0 Å². The molecule has 0 spiro atoms. The molecule has 0 bridgehead atoms. The number of nitrogens with zero attached hydrogens (tertiary/aromatic N) is 3. The Hall–Kier alpha value is -4.09. The number of methoxy groups -OCH3 is 2. The van der Waals surface area contributed by atoms with Crippen molar-refractivity contribution in [3.05, 3.63) is 80.1 Å². The normalized spacial score (nSPS) is 11.4. The standard InChI is InChI=1S/C23H23F3N4O5/c1-13(2)27-20(31)19-21(32)29(12-14-5-7-15(8-6-14)23(24,25)26)22(33)30(28-19)16-9-10-17(34-3)18(11-16)35-4/h5-11,13H,12H2,1-4H3,(H,27,31). The lowest BCUT2D eigenvalue weighted by molar-refractivity contribution is -0.137. The SMILES string of the molecule is COc1ccc(-n2nc(C(=O)NC(C)C)c(=O)n(Cc3ccc(C(F)(F)F)cc3)c2=O)cc1OC. The molecular weight excluding hydrogens is 469 g/mol. The summed E-state index contributed by atoms with van der Waals surface area (Å²) in [5.41, 5.74) is -2.89. The van der Waals surface area contributed by atoms with Gasteiger partial charge in [-0.1, -0.05) is 12.1 Å². The molecule has 12 heteroatoms. The second-order valence-electron chi connectivity index (χ2n) is 7.80. The van der Waals surface area contributed by atoms with Gasteiger partial charge in [-0.05, 0) is 43.7 Å². The fourth-order valence-electron chi connectivity index (χ4n) is 3.23. The predicted molar refractivity (Wildman–Crippen MR) is 120 cm³/mol. The van der Waals surface area contributed by atoms with Crippen molar-refractivity contribution < 1.29 is 27.4 Å². The molecule has 0 fully saturated rings. The minimum Gasteiger partial charge on any atom is -0.493 e. The Labute approximate surface area is 197 Å². The smallest absolute Gasteiger partial charge is 0.416 e. The molecule has 0 aliphatic heterocycles. The largest absolute Gasteiger partial charge is 0.493 e. The number of ether oxygens (including phenoxy) is 2. The Balaban J connectivity index is 2.18. The van der Waals surface area contributed by atoms with Gasteiger partial charge in [0.15, 0.2) is 11.5 Å². The van der Waals surface area contributed by atoms with Crippen molar-refractivity contribution >= 4 is 5.91 Å². The molecule has 0 saturated carbocycles. The van der Waals surface area contributed by atoms with Crippen molar-refractivity contribution in [2.75, 3.05) is 14.2 Å². The number of amides is 1. The third-order valence-corrected chi connectivity index (χ3v) is 4.93. The molecule has 2 aromatic carbocycles. The molecule has 186 valence electrons. The lowest BCUT2D eigenvalue weighted by Crippen LogP contribution is -2.46. The fourth-order valence-corrected chi connectivity index (χ4v) is 3.23. The summed E-state index contributed by atoms with van der Waals surface area (Å²) in [5.74, 6) is -0.159. The van der Waals surface area contributed by atoms with Crippen molar-refractivity contribution in [1.82, 2.24) is 19.7 Å². The van der Waals surface area contributed by atoms with Gasteiger partial charge < -0.3 is 14.8 Å². The molecule has 1 amide bonds. The quantitative estimate of drug-likeness (QED) is 0.544. The molecule has 0 radical (unpaired) electrons. The average Bonchev–Trinajstić information content (AvgIpc) is 2.80. The van der Waals surface area contributed by atoms with Crippen LogP contribution in [-0.2, 0) is 12.7 Å². The summed E-state index contributed by atoms with van der Waals surface area (Å²) in [7, 11) is 2.82. The van der Waals surface area contributed by atoms with E-state index in [0.717, 1.165) is 33.5 Å². The van der Waals surface area contributed by atoms with Gasteiger partial charge in [0.1, 0.15) is 0 Å². The van der Waals surface area contributed by atoms with Crippen molar-refractivity contribution in [3.63, 3.8) is 0 Å². The van der Waals surface area contributed by atoms with Crippen LogP contribution in [0, 0.1) is 0 Å². The van der Waals surface area contributed by atoms with Crippen LogP contribution in [0.2, 0.25) is 0 Å². The lowest BCUT2D eigenvalue weighted by Gasteiger charge is -2.15. The maximum absolute atomic E-state index is 13.3. The number of hydrogen-bond acceptors (Lipinski definition) is 6. The van der Waals surface area contributed by atoms with Gasteiger partial charge in [-0.2, -0.15) is 23.0 Å². The van der Waals surface area contributed by atoms with Gasteiger partial charge in [0, 0.05) is 12.1 Å². The number of rotatable bonds is 7. The van der Waals surface area contributed by atoms with Gasteiger partial charge in [0.2, 0.25) is 5.69 Å². The third-order valence-electron chi connectivity index (χ3n) is 4.93. The van der Waals surface area contributed by atoms with Crippen molar-refractivity contribution in [2.24, 2.45) is 0 Å². The zero-order valence-corrected chi connectivity index (χ0v) is 19.3. The molecule has 3 aromatic rings. The molecule has 1 heterocycles. The predicted octanol–water partition coefficient (Wildman–Crippen LogP) is 2.62. The lowest BCUT2D eigenvalue weighted by atomic mass is 10.1. The van der Waals surface area contributed by atoms with E-state index in [1.165, 1.54) is 32.4 Å². The minimum atomic E-state index is -4.53. The number of hydrogen-bond donors (Lipinski definition) is 1. The maximum atomic E-state index is 13.3. The molecule has 35 heavy (non-hydrogen) atoms. The molecular formula is C23H23F3N4O5. The second kappa shape index (κ2) is 10.0. The molecule has 0 unspecified atom stereocenters. The van der Waals surface area contributed by atoms with Gasteiger partial charge in [0.25, 0.3) is 11.5 Å². The highest BCUT2D eigenvalue weighted by molar-refractivity contribution is 5.91. The molecule has 0 saturated heterocycles. The number of aromatic nitrogens is 3. The summed E-state index contributed by atoms with van der Waals surface area (Å²) in [6.45, 7) is 2.99. The van der Waals surface area contributed by atoms with Gasteiger partial charge in [-0.15, -0.1) is 0 Å². The Bertz CT molecular complexity index is 1350. The van der Waals surface area contributed by atoms with Crippen molar-refractivity contribution in [1.29, 1.82) is 0 Å². The van der Waals surface area contributed by atoms with E-state index in [2.05, 4.69) is 10.4 Å². The average molecular weight is 492 g/mol. The topological polar surface area (TPSA) is 104 Å². The van der Waals surface area contributed by atoms with E-state index in [1.807, 2.05) is 0 Å². The van der Waals surface area contributed by atoms with E-state index in [4.69, 9.17) is 9.47 Å². The van der Waals surface area contributed by atoms with E-state index in [9.17, 15) is 27.6 Å². The number of alkyl halides is 3. The van der Waals surface area contributed by atoms with E-state index in [1.54, 1.807) is 13.8 Å². The fraction of sp³-hybridized carbons (Fsp3) is 0.304. The van der Waals surface area contributed by atoms with Crippen LogP contribution in [0.3, 0.4) is 0 Å². The number of benzene rings is 2. The number of carbonyl (C=O) groups excluding carboxylic acids is 1. The number of carbonyl (C=O) groups is 1. The van der Waals surface area contributed by atoms with Gasteiger partial charge >= 0.3 is 11.9 Å². The Kier molecular flexibility index (Phi) is 7.32. The molecule has 0 aliphatic carbocycles. The van der Waals surface area contributed by atoms with Crippen molar-refractivity contribution in [2.45, 2.75) is 32.6 Å². The molecule has 1 N–H and O–H groups in total. The van der Waals surface area contributed by atoms with E-state index >= 15 is 0 Å². The summed E-state index contributed by atoms with van der Waals surface area (Å²) >= 11 is 0. The van der Waals surface area contributed by atoms with Gasteiger partial charge in [0.05, 0.1) is 32.0 Å². The summed E-state index contributed by atoms with van der Waals surface area (Å²) in [6, 6.07) is 8.11. The van der Waals surface area contributed by atoms with E-state index in [0.29, 0.717) is 5.75 Å². The van der Waals surface area contributed by atoms with Crippen LogP contribution in [0.5, 0.6) is 11.5 Å². The highest BCUT2D eigenvalue weighted by atomic mass is 19.4. The van der Waals surface area contributed by atoms with Crippen molar-refractivity contribution in [3.8, 4) is 17.2 Å². The molecule has 0 aliphatic rings. The monoisotopic (exact) mass is 492 g/mol. The Morgan fingerprint density at radius 3 is 2.20 bits per heavy atom. The molecule has 0 atom stereocenters. The van der Waals surface area contributed by atoms with Crippen LogP contribution in [-0.4, -0.2) is 40.5 Å². The van der Waals surface area contributed by atoms with Crippen LogP contribution in [0.15, 0.2) is 52.1 Å². The highest BCUT2D eigenvalue weighted by Crippen LogP contribution is 2.29. The first-order valence-electron chi connectivity index (χ1n) is 10.4. The summed E-state index contributed by atoms with van der Waals surface area (Å²) < 4.78 is 50.7. The van der Waals surface area contributed by atoms with E-state index < -0.39 is 34.6 Å². The first kappa shape index (κ1) is 25.5. The summed E-state index contributed by atoms with van der Waals surface area (Å²) in [5, 5.41) is 6.54. The minimum absolute atomic E-state index is 0.174. The molecule has 9 nitrogen and oxygen atoms in total. The maximum Gasteiger partial charge on any atom is 0.416 e. The third kappa shape index (κ3) is 5.53. The highest BCUT2D eigenvalue weighted by Gasteiger charge is 2.30. The van der Waals surface area contributed by atoms with Gasteiger partial charge in [-0.3, -0.25) is 14.2 Å². The number of nitrogens with one attached hydrogen (secondary N) is 1. The zero-order valence-electron chi connectivity index (χ0n) is 19.3. The van der Waals surface area contributed by atoms with Crippen LogP contribution in [0.4, 0.5) is 13.2 Å². The molecule has 1 aromatic heterocycles. The van der Waals surface area contributed by atoms with E-state index in [-0.39, 0.29) is 29.6 Å². The first-order valence-corrected chi connectivity index (χ1v) is 10.4. The Morgan fingerprint density at radius 2 is 1.66 bits per heavy atom. The summed E-state index contributed by atoms with van der Waals surface area (Å²) in [6.07, 6.45) is -4.53. The summed E-state index contributed by atoms with van der Waals surface area (Å²) in [4.78, 5) is 39.0. The van der Waals surface area contributed by atoms with Crippen LogP contribution in [0.1, 0.15) is 35.5 Å². The second-order valence-corrected chi connectivity index (χ2v) is 7.80. The van der Waals surface area contributed by atoms with Crippen LogP contribution >= 0.6 is 0 Å². The number of halogens is 3.